The van der Waals surface area contributed by atoms with E-state index in [-0.39, 0.29) is 18.4 Å². The van der Waals surface area contributed by atoms with E-state index in [9.17, 15) is 9.59 Å². The molecule has 21 heavy (non-hydrogen) atoms. The number of carbonyl (C=O) groups excluding carboxylic acids is 1. The third-order valence-electron chi connectivity index (χ3n) is 3.94. The summed E-state index contributed by atoms with van der Waals surface area (Å²) in [5.74, 6) is -1.14. The second-order valence-electron chi connectivity index (χ2n) is 5.51. The Balaban J connectivity index is 1.96. The number of aliphatic carboxylic acids is 1. The molecule has 116 valence electrons. The molecule has 2 unspecified atom stereocenters. The van der Waals surface area contributed by atoms with Gasteiger partial charge in [0, 0.05) is 6.54 Å². The van der Waals surface area contributed by atoms with Gasteiger partial charge < -0.3 is 20.3 Å². The van der Waals surface area contributed by atoms with Gasteiger partial charge in [0.2, 0.25) is 5.89 Å². The van der Waals surface area contributed by atoms with Crippen LogP contribution in [0, 0.1) is 5.41 Å². The lowest BCUT2D eigenvalue weighted by atomic mass is 9.88. The van der Waals surface area contributed by atoms with Gasteiger partial charge in [0.25, 0.3) is 11.7 Å². The van der Waals surface area contributed by atoms with Crippen LogP contribution in [0.4, 0.5) is 0 Å². The molecule has 8 nitrogen and oxygen atoms in total. The van der Waals surface area contributed by atoms with Crippen molar-refractivity contribution in [1.82, 2.24) is 20.8 Å². The van der Waals surface area contributed by atoms with E-state index < -0.39 is 17.3 Å². The minimum absolute atomic E-state index is 0.000947. The number of nitrogens with zero attached hydrogens (tertiary/aromatic N) is 2. The van der Waals surface area contributed by atoms with Gasteiger partial charge in [-0.1, -0.05) is 12.1 Å². The van der Waals surface area contributed by atoms with Gasteiger partial charge >= 0.3 is 5.97 Å². The van der Waals surface area contributed by atoms with E-state index >= 15 is 0 Å². The molecule has 8 heteroatoms. The van der Waals surface area contributed by atoms with Gasteiger partial charge in [-0.3, -0.25) is 9.59 Å². The van der Waals surface area contributed by atoms with Crippen LogP contribution in [0.25, 0.3) is 0 Å². The maximum atomic E-state index is 11.9. The van der Waals surface area contributed by atoms with Crippen molar-refractivity contribution in [1.29, 1.82) is 0 Å². The number of hydrogen-bond donors (Lipinski definition) is 3. The first-order valence-corrected chi connectivity index (χ1v) is 7.05. The Kier molecular flexibility index (Phi) is 4.56. The van der Waals surface area contributed by atoms with Crippen LogP contribution in [0.2, 0.25) is 0 Å². The zero-order chi connectivity index (χ0) is 15.5. The largest absolute Gasteiger partial charge is 0.481 e. The predicted molar refractivity (Wildman–Crippen MR) is 72.6 cm³/mol. The molecule has 1 amide bonds. The molecule has 0 aromatic carbocycles. The molecule has 0 saturated carbocycles. The van der Waals surface area contributed by atoms with Crippen molar-refractivity contribution in [3.05, 3.63) is 11.7 Å². The molecule has 0 bridgehead atoms. The highest BCUT2D eigenvalue weighted by molar-refractivity contribution is 5.90. The van der Waals surface area contributed by atoms with Crippen molar-refractivity contribution in [2.75, 3.05) is 13.1 Å². The fourth-order valence-corrected chi connectivity index (χ4v) is 2.07. The zero-order valence-electron chi connectivity index (χ0n) is 12.2. The van der Waals surface area contributed by atoms with Crippen molar-refractivity contribution in [2.45, 2.75) is 39.2 Å². The average Bonchev–Trinajstić information content (AvgIpc) is 3.13. The smallest absolute Gasteiger partial charge is 0.311 e. The highest BCUT2D eigenvalue weighted by atomic mass is 16.5. The standard InChI is InChI=1S/C13H20N4O4/c1-3-13(2,12(19)20)7-15-10(18)9-16-11(21-17-9)8-5-4-6-14-8/h8,14H,3-7H2,1-2H3,(H,15,18)(H,19,20). The Morgan fingerprint density at radius 3 is 2.90 bits per heavy atom. The van der Waals surface area contributed by atoms with Crippen LogP contribution in [0.15, 0.2) is 4.52 Å². The molecule has 1 fully saturated rings. The summed E-state index contributed by atoms with van der Waals surface area (Å²) in [6.45, 7) is 4.25. The fourth-order valence-electron chi connectivity index (χ4n) is 2.07. The van der Waals surface area contributed by atoms with E-state index in [0.717, 1.165) is 19.4 Å². The topological polar surface area (TPSA) is 117 Å². The highest BCUT2D eigenvalue weighted by Gasteiger charge is 2.32. The molecule has 2 heterocycles. The zero-order valence-corrected chi connectivity index (χ0v) is 12.2. The minimum atomic E-state index is -1.00. The van der Waals surface area contributed by atoms with Gasteiger partial charge in [-0.05, 0) is 32.7 Å². The first-order chi connectivity index (χ1) is 9.96. The minimum Gasteiger partial charge on any atom is -0.481 e. The van der Waals surface area contributed by atoms with E-state index in [1.807, 2.05) is 0 Å². The van der Waals surface area contributed by atoms with E-state index in [4.69, 9.17) is 9.63 Å². The molecular formula is C13H20N4O4. The van der Waals surface area contributed by atoms with Gasteiger partial charge in [-0.25, -0.2) is 0 Å². The number of nitrogens with one attached hydrogen (secondary N) is 2. The number of rotatable bonds is 6. The van der Waals surface area contributed by atoms with Crippen LogP contribution >= 0.6 is 0 Å². The van der Waals surface area contributed by atoms with Crippen molar-refractivity contribution in [3.63, 3.8) is 0 Å². The summed E-state index contributed by atoms with van der Waals surface area (Å²) in [5, 5.41) is 18.6. The van der Waals surface area contributed by atoms with Gasteiger partial charge in [-0.2, -0.15) is 4.98 Å². The molecule has 1 aromatic heterocycles. The van der Waals surface area contributed by atoms with Gasteiger partial charge in [0.1, 0.15) is 0 Å². The van der Waals surface area contributed by atoms with Crippen molar-refractivity contribution < 1.29 is 19.2 Å². The summed E-state index contributed by atoms with van der Waals surface area (Å²) in [4.78, 5) is 27.2. The van der Waals surface area contributed by atoms with Crippen LogP contribution in [0.1, 0.15) is 55.7 Å². The number of hydrogen-bond acceptors (Lipinski definition) is 6. The highest BCUT2D eigenvalue weighted by Crippen LogP contribution is 2.22. The SMILES string of the molecule is CCC(C)(CNC(=O)c1noc(C2CCCN2)n1)C(=O)O. The molecule has 0 spiro atoms. The lowest BCUT2D eigenvalue weighted by Crippen LogP contribution is -2.40. The van der Waals surface area contributed by atoms with Crippen LogP contribution in [-0.4, -0.2) is 40.2 Å². The fraction of sp³-hybridized carbons (Fsp3) is 0.692. The summed E-state index contributed by atoms with van der Waals surface area (Å²) in [6, 6.07) is -0.000947. The molecule has 3 N–H and O–H groups in total. The third kappa shape index (κ3) is 3.38. The van der Waals surface area contributed by atoms with Crippen LogP contribution in [0.3, 0.4) is 0 Å². The lowest BCUT2D eigenvalue weighted by molar-refractivity contribution is -0.147. The summed E-state index contributed by atoms with van der Waals surface area (Å²) in [6.07, 6.45) is 2.34. The first-order valence-electron chi connectivity index (χ1n) is 7.05. The molecule has 2 atom stereocenters. The number of amides is 1. The predicted octanol–water partition coefficient (Wildman–Crippen LogP) is 0.725. The van der Waals surface area contributed by atoms with Crippen LogP contribution < -0.4 is 10.6 Å². The maximum absolute atomic E-state index is 11.9. The quantitative estimate of drug-likeness (QED) is 0.708. The van der Waals surface area contributed by atoms with Crippen LogP contribution in [-0.2, 0) is 4.79 Å². The molecule has 1 aromatic rings. The van der Waals surface area contributed by atoms with Crippen LogP contribution in [0.5, 0.6) is 0 Å². The van der Waals surface area contributed by atoms with E-state index in [0.29, 0.717) is 12.3 Å². The molecular weight excluding hydrogens is 276 g/mol. The second kappa shape index (κ2) is 6.21. The summed E-state index contributed by atoms with van der Waals surface area (Å²) < 4.78 is 5.07. The monoisotopic (exact) mass is 296 g/mol. The Hall–Kier alpha value is -1.96. The van der Waals surface area contributed by atoms with Crippen molar-refractivity contribution in [3.8, 4) is 0 Å². The molecule has 1 aliphatic rings. The number of carboxylic acid groups (broad SMARTS) is 1. The average molecular weight is 296 g/mol. The first kappa shape index (κ1) is 15.4. The summed E-state index contributed by atoms with van der Waals surface area (Å²) in [7, 11) is 0. The van der Waals surface area contributed by atoms with Crippen molar-refractivity contribution >= 4 is 11.9 Å². The molecule has 2 rings (SSSR count). The lowest BCUT2D eigenvalue weighted by Gasteiger charge is -2.22. The Morgan fingerprint density at radius 2 is 2.33 bits per heavy atom. The van der Waals surface area contributed by atoms with E-state index in [1.54, 1.807) is 13.8 Å². The second-order valence-corrected chi connectivity index (χ2v) is 5.51. The Morgan fingerprint density at radius 1 is 1.57 bits per heavy atom. The number of carbonyl (C=O) groups is 2. The normalized spacial score (nSPS) is 21.0. The number of aromatic nitrogens is 2. The third-order valence-corrected chi connectivity index (χ3v) is 3.94. The molecule has 1 saturated heterocycles. The Bertz CT molecular complexity index is 524. The van der Waals surface area contributed by atoms with Gasteiger partial charge in [0.15, 0.2) is 0 Å². The maximum Gasteiger partial charge on any atom is 0.311 e. The Labute approximate surface area is 122 Å². The van der Waals surface area contributed by atoms with Crippen molar-refractivity contribution in [2.24, 2.45) is 5.41 Å². The summed E-state index contributed by atoms with van der Waals surface area (Å²) >= 11 is 0. The molecule has 1 aliphatic heterocycles. The van der Waals surface area contributed by atoms with E-state index in [1.165, 1.54) is 0 Å². The summed E-state index contributed by atoms with van der Waals surface area (Å²) in [5.41, 5.74) is -1.00. The van der Waals surface area contributed by atoms with Gasteiger partial charge in [-0.15, -0.1) is 0 Å². The molecule has 0 aliphatic carbocycles. The van der Waals surface area contributed by atoms with Gasteiger partial charge in [0.05, 0.1) is 11.5 Å². The van der Waals surface area contributed by atoms with E-state index in [2.05, 4.69) is 20.8 Å². The number of carboxylic acids is 1. The molecule has 0 radical (unpaired) electrons.